The van der Waals surface area contributed by atoms with Crippen molar-refractivity contribution in [2.24, 2.45) is 7.05 Å². The van der Waals surface area contributed by atoms with E-state index in [1.54, 1.807) is 32.2 Å². The average Bonchev–Trinajstić information content (AvgIpc) is 2.84. The maximum absolute atomic E-state index is 12.1. The molecule has 7 nitrogen and oxygen atoms in total. The molecule has 0 aliphatic carbocycles. The molecule has 0 saturated carbocycles. The van der Waals surface area contributed by atoms with Crippen molar-refractivity contribution in [3.63, 3.8) is 0 Å². The molecule has 1 N–H and O–H groups in total. The van der Waals surface area contributed by atoms with E-state index in [2.05, 4.69) is 20.8 Å². The number of benzene rings is 1. The highest BCUT2D eigenvalue weighted by Crippen LogP contribution is 2.28. The third kappa shape index (κ3) is 3.85. The molecule has 112 valence electrons. The van der Waals surface area contributed by atoms with Crippen LogP contribution >= 0.6 is 23.4 Å². The van der Waals surface area contributed by atoms with E-state index < -0.39 is 0 Å². The Morgan fingerprint density at radius 2 is 2.29 bits per heavy atom. The van der Waals surface area contributed by atoms with Crippen molar-refractivity contribution in [2.45, 2.75) is 17.3 Å². The number of nitrogens with one attached hydrogen (secondary N) is 1. The van der Waals surface area contributed by atoms with E-state index in [1.807, 2.05) is 0 Å². The van der Waals surface area contributed by atoms with Gasteiger partial charge < -0.3 is 10.1 Å². The lowest BCUT2D eigenvalue weighted by Crippen LogP contribution is -2.22. The molecule has 2 aromatic rings. The Balaban J connectivity index is 2.00. The largest absolute Gasteiger partial charge is 0.495 e. The van der Waals surface area contributed by atoms with Crippen LogP contribution in [-0.2, 0) is 11.8 Å². The lowest BCUT2D eigenvalue weighted by Gasteiger charge is -2.12. The third-order valence-corrected chi connectivity index (χ3v) is 4.07. The number of carbonyl (C=O) groups excluding carboxylic acids is 1. The Bertz CT molecular complexity index is 648. The van der Waals surface area contributed by atoms with Gasteiger partial charge in [0.1, 0.15) is 5.75 Å². The van der Waals surface area contributed by atoms with E-state index in [4.69, 9.17) is 16.3 Å². The third-order valence-electron chi connectivity index (χ3n) is 2.65. The Labute approximate surface area is 131 Å². The molecule has 0 saturated heterocycles. The molecule has 0 radical (unpaired) electrons. The molecule has 1 heterocycles. The number of hydrogen-bond donors (Lipinski definition) is 1. The second kappa shape index (κ2) is 6.77. The number of hydrogen-bond acceptors (Lipinski definition) is 6. The molecule has 21 heavy (non-hydrogen) atoms. The van der Waals surface area contributed by atoms with Crippen molar-refractivity contribution in [1.29, 1.82) is 0 Å². The maximum atomic E-state index is 12.1. The van der Waals surface area contributed by atoms with Crippen LogP contribution in [0.5, 0.6) is 5.75 Å². The number of halogens is 1. The van der Waals surface area contributed by atoms with Crippen LogP contribution < -0.4 is 10.1 Å². The summed E-state index contributed by atoms with van der Waals surface area (Å²) in [5.41, 5.74) is 0.606. The number of thioether (sulfide) groups is 1. The molecule has 0 aliphatic rings. The summed E-state index contributed by atoms with van der Waals surface area (Å²) < 4.78 is 6.57. The highest BCUT2D eigenvalue weighted by molar-refractivity contribution is 8.00. The standard InChI is InChI=1S/C12H14ClN5O2S/c1-7(21-12-15-16-17-18(12)2)11(19)14-8-4-5-10(20-3)9(13)6-8/h4-7H,1-3H3,(H,14,19). The first-order valence-electron chi connectivity index (χ1n) is 6.04. The van der Waals surface area contributed by atoms with Crippen molar-refractivity contribution >= 4 is 35.0 Å². The van der Waals surface area contributed by atoms with Gasteiger partial charge in [-0.15, -0.1) is 5.10 Å². The zero-order valence-corrected chi connectivity index (χ0v) is 13.3. The van der Waals surface area contributed by atoms with Crippen molar-refractivity contribution in [3.8, 4) is 5.75 Å². The SMILES string of the molecule is COc1ccc(NC(=O)C(C)Sc2nnnn2C)cc1Cl. The average molecular weight is 328 g/mol. The van der Waals surface area contributed by atoms with Crippen LogP contribution in [0.2, 0.25) is 5.02 Å². The number of rotatable bonds is 5. The van der Waals surface area contributed by atoms with Gasteiger partial charge in [-0.05, 0) is 35.5 Å². The van der Waals surface area contributed by atoms with Gasteiger partial charge in [-0.25, -0.2) is 4.68 Å². The van der Waals surface area contributed by atoms with Crippen LogP contribution in [0.25, 0.3) is 0 Å². The number of amides is 1. The number of aryl methyl sites for hydroxylation is 1. The minimum atomic E-state index is -0.351. The number of aromatic nitrogens is 4. The number of carbonyl (C=O) groups is 1. The Hall–Kier alpha value is -1.80. The molecule has 0 aliphatic heterocycles. The Morgan fingerprint density at radius 3 is 2.86 bits per heavy atom. The molecule has 1 aromatic heterocycles. The molecular weight excluding hydrogens is 314 g/mol. The minimum absolute atomic E-state index is 0.163. The summed E-state index contributed by atoms with van der Waals surface area (Å²) in [6, 6.07) is 5.06. The lowest BCUT2D eigenvalue weighted by molar-refractivity contribution is -0.115. The first kappa shape index (κ1) is 15.6. The predicted molar refractivity (Wildman–Crippen MR) is 80.8 cm³/mol. The molecule has 1 aromatic carbocycles. The van der Waals surface area contributed by atoms with Gasteiger partial charge >= 0.3 is 0 Å². The molecular formula is C12H14ClN5O2S. The molecule has 1 atom stereocenters. The molecule has 9 heteroatoms. The second-order valence-corrected chi connectivity index (χ2v) is 5.90. The number of tetrazole rings is 1. The summed E-state index contributed by atoms with van der Waals surface area (Å²) in [6.45, 7) is 1.78. The number of ether oxygens (including phenoxy) is 1. The van der Waals surface area contributed by atoms with Crippen LogP contribution in [0.1, 0.15) is 6.92 Å². The molecule has 1 amide bonds. The van der Waals surface area contributed by atoms with Gasteiger partial charge in [-0.2, -0.15) is 0 Å². The van der Waals surface area contributed by atoms with Crippen molar-refractivity contribution in [3.05, 3.63) is 23.2 Å². The summed E-state index contributed by atoms with van der Waals surface area (Å²) in [4.78, 5) is 12.1. The zero-order chi connectivity index (χ0) is 15.4. The van der Waals surface area contributed by atoms with Crippen LogP contribution in [0.15, 0.2) is 23.4 Å². The fraction of sp³-hybridized carbons (Fsp3) is 0.333. The van der Waals surface area contributed by atoms with Gasteiger partial charge in [0, 0.05) is 12.7 Å². The monoisotopic (exact) mass is 327 g/mol. The van der Waals surface area contributed by atoms with Crippen LogP contribution in [-0.4, -0.2) is 38.5 Å². The van der Waals surface area contributed by atoms with E-state index >= 15 is 0 Å². The van der Waals surface area contributed by atoms with E-state index in [1.165, 1.54) is 23.6 Å². The molecule has 1 unspecified atom stereocenters. The van der Waals surface area contributed by atoms with Crippen molar-refractivity contribution < 1.29 is 9.53 Å². The first-order chi connectivity index (χ1) is 10.0. The van der Waals surface area contributed by atoms with Gasteiger partial charge in [0.05, 0.1) is 17.4 Å². The van der Waals surface area contributed by atoms with E-state index in [0.717, 1.165) is 0 Å². The van der Waals surface area contributed by atoms with Crippen LogP contribution in [0.4, 0.5) is 5.69 Å². The van der Waals surface area contributed by atoms with Crippen molar-refractivity contribution in [1.82, 2.24) is 20.2 Å². The summed E-state index contributed by atoms with van der Waals surface area (Å²) in [6.07, 6.45) is 0. The normalized spacial score (nSPS) is 12.0. The van der Waals surface area contributed by atoms with Crippen LogP contribution in [0, 0.1) is 0 Å². The van der Waals surface area contributed by atoms with E-state index in [0.29, 0.717) is 21.6 Å². The number of nitrogens with zero attached hydrogens (tertiary/aromatic N) is 4. The fourth-order valence-electron chi connectivity index (χ4n) is 1.52. The zero-order valence-electron chi connectivity index (χ0n) is 11.7. The van der Waals surface area contributed by atoms with Crippen molar-refractivity contribution in [2.75, 3.05) is 12.4 Å². The summed E-state index contributed by atoms with van der Waals surface area (Å²) in [7, 11) is 3.25. The summed E-state index contributed by atoms with van der Waals surface area (Å²) in [5.74, 6) is 0.395. The highest BCUT2D eigenvalue weighted by atomic mass is 35.5. The lowest BCUT2D eigenvalue weighted by atomic mass is 10.3. The number of methoxy groups -OCH3 is 1. The van der Waals surface area contributed by atoms with Crippen LogP contribution in [0.3, 0.4) is 0 Å². The number of anilines is 1. The summed E-state index contributed by atoms with van der Waals surface area (Å²) in [5, 5.41) is 14.5. The Morgan fingerprint density at radius 1 is 1.52 bits per heavy atom. The van der Waals surface area contributed by atoms with E-state index in [9.17, 15) is 4.79 Å². The summed E-state index contributed by atoms with van der Waals surface area (Å²) >= 11 is 7.29. The first-order valence-corrected chi connectivity index (χ1v) is 7.30. The quantitative estimate of drug-likeness (QED) is 0.846. The topological polar surface area (TPSA) is 81.9 Å². The van der Waals surface area contributed by atoms with Gasteiger partial charge in [-0.3, -0.25) is 4.79 Å². The fourth-order valence-corrected chi connectivity index (χ4v) is 2.53. The maximum Gasteiger partial charge on any atom is 0.237 e. The molecule has 0 spiro atoms. The second-order valence-electron chi connectivity index (χ2n) is 4.18. The smallest absolute Gasteiger partial charge is 0.237 e. The van der Waals surface area contributed by atoms with Gasteiger partial charge in [0.15, 0.2) is 0 Å². The Kier molecular flexibility index (Phi) is 5.03. The highest BCUT2D eigenvalue weighted by Gasteiger charge is 2.18. The molecule has 0 bridgehead atoms. The van der Waals surface area contributed by atoms with Gasteiger partial charge in [0.2, 0.25) is 11.1 Å². The molecule has 2 rings (SSSR count). The van der Waals surface area contributed by atoms with Gasteiger partial charge in [0.25, 0.3) is 0 Å². The molecule has 0 fully saturated rings. The van der Waals surface area contributed by atoms with E-state index in [-0.39, 0.29) is 11.2 Å². The predicted octanol–water partition coefficient (Wildman–Crippen LogP) is 1.99. The van der Waals surface area contributed by atoms with Gasteiger partial charge in [-0.1, -0.05) is 23.4 Å². The minimum Gasteiger partial charge on any atom is -0.495 e.